The summed E-state index contributed by atoms with van der Waals surface area (Å²) in [5, 5.41) is 3.00. The quantitative estimate of drug-likeness (QED) is 0.682. The second-order valence-corrected chi connectivity index (χ2v) is 7.56. The van der Waals surface area contributed by atoms with Crippen molar-refractivity contribution in [3.63, 3.8) is 0 Å². The van der Waals surface area contributed by atoms with Crippen LogP contribution in [0.2, 0.25) is 0 Å². The number of nitrogens with one attached hydrogen (secondary N) is 1. The van der Waals surface area contributed by atoms with Crippen LogP contribution >= 0.6 is 15.9 Å². The molecule has 0 unspecified atom stereocenters. The summed E-state index contributed by atoms with van der Waals surface area (Å²) in [6.07, 6.45) is 0.961. The number of piperazine rings is 1. The van der Waals surface area contributed by atoms with Crippen molar-refractivity contribution in [2.24, 2.45) is 0 Å². The van der Waals surface area contributed by atoms with E-state index < -0.39 is 0 Å². The summed E-state index contributed by atoms with van der Waals surface area (Å²) in [5.74, 6) is 0.878. The molecule has 0 spiro atoms. The molecular weight excluding hydrogens is 406 g/mol. The Morgan fingerprint density at radius 2 is 1.85 bits per heavy atom. The molecule has 1 N–H and O–H groups in total. The van der Waals surface area contributed by atoms with Crippen molar-refractivity contribution >= 4 is 27.5 Å². The maximum atomic E-state index is 12.1. The van der Waals surface area contributed by atoms with Crippen LogP contribution in [0.4, 0.5) is 5.69 Å². The summed E-state index contributed by atoms with van der Waals surface area (Å²) in [6.45, 7) is 5.85. The number of anilines is 1. The summed E-state index contributed by atoms with van der Waals surface area (Å²) in [5.41, 5.74) is 1.94. The molecule has 5 nitrogen and oxygen atoms in total. The van der Waals surface area contributed by atoms with Crippen LogP contribution in [0.5, 0.6) is 5.75 Å². The SMILES string of the molecule is COc1ccc(N2CCN(CCCNC(=O)c3cccc(Br)c3)CC2)cc1. The molecule has 1 amide bonds. The number of nitrogens with zero attached hydrogens (tertiary/aromatic N) is 2. The van der Waals surface area contributed by atoms with Gasteiger partial charge >= 0.3 is 0 Å². The summed E-state index contributed by atoms with van der Waals surface area (Å²) in [7, 11) is 1.69. The average Bonchev–Trinajstić information content (AvgIpc) is 2.71. The molecule has 0 bridgehead atoms. The Bertz CT molecular complexity index is 743. The minimum atomic E-state index is -0.0133. The number of rotatable bonds is 7. The number of benzene rings is 2. The van der Waals surface area contributed by atoms with Gasteiger partial charge in [-0.05, 0) is 55.4 Å². The molecule has 1 saturated heterocycles. The van der Waals surface area contributed by atoms with E-state index in [0.717, 1.165) is 49.4 Å². The van der Waals surface area contributed by atoms with Gasteiger partial charge < -0.3 is 15.0 Å². The Labute approximate surface area is 169 Å². The van der Waals surface area contributed by atoms with Crippen molar-refractivity contribution in [2.75, 3.05) is 51.3 Å². The third kappa shape index (κ3) is 5.71. The van der Waals surface area contributed by atoms with Crippen molar-refractivity contribution in [1.82, 2.24) is 10.2 Å². The number of carbonyl (C=O) groups excluding carboxylic acids is 1. The van der Waals surface area contributed by atoms with Crippen molar-refractivity contribution in [2.45, 2.75) is 6.42 Å². The molecule has 0 aliphatic carbocycles. The topological polar surface area (TPSA) is 44.8 Å². The molecule has 1 aliphatic rings. The predicted molar refractivity (Wildman–Crippen MR) is 113 cm³/mol. The van der Waals surface area contributed by atoms with Crippen LogP contribution in [0, 0.1) is 0 Å². The second-order valence-electron chi connectivity index (χ2n) is 6.65. The van der Waals surface area contributed by atoms with Crippen LogP contribution < -0.4 is 15.0 Å². The van der Waals surface area contributed by atoms with Gasteiger partial charge in [-0.1, -0.05) is 22.0 Å². The Morgan fingerprint density at radius 1 is 1.11 bits per heavy atom. The van der Waals surface area contributed by atoms with Crippen LogP contribution in [0.1, 0.15) is 16.8 Å². The lowest BCUT2D eigenvalue weighted by molar-refractivity contribution is 0.0951. The highest BCUT2D eigenvalue weighted by atomic mass is 79.9. The lowest BCUT2D eigenvalue weighted by Gasteiger charge is -2.36. The maximum absolute atomic E-state index is 12.1. The van der Waals surface area contributed by atoms with Crippen molar-refractivity contribution < 1.29 is 9.53 Å². The van der Waals surface area contributed by atoms with Crippen molar-refractivity contribution in [3.8, 4) is 5.75 Å². The maximum Gasteiger partial charge on any atom is 0.251 e. The predicted octanol–water partition coefficient (Wildman–Crippen LogP) is 3.40. The van der Waals surface area contributed by atoms with Crippen molar-refractivity contribution in [1.29, 1.82) is 0 Å². The molecule has 2 aromatic carbocycles. The van der Waals surface area contributed by atoms with E-state index in [2.05, 4.69) is 43.2 Å². The van der Waals surface area contributed by atoms with Gasteiger partial charge in [-0.3, -0.25) is 9.69 Å². The standard InChI is InChI=1S/C21H26BrN3O2/c1-27-20-8-6-19(7-9-20)25-14-12-24(13-15-25)11-3-10-23-21(26)17-4-2-5-18(22)16-17/h2,4-9,16H,3,10-15H2,1H3,(H,23,26). The first-order valence-corrected chi connectivity index (χ1v) is 10.1. The molecule has 1 aliphatic heterocycles. The molecule has 0 saturated carbocycles. The summed E-state index contributed by atoms with van der Waals surface area (Å²) in [6, 6.07) is 15.7. The Hall–Kier alpha value is -2.05. The summed E-state index contributed by atoms with van der Waals surface area (Å²) >= 11 is 3.40. The van der Waals surface area contributed by atoms with E-state index in [1.807, 2.05) is 36.4 Å². The largest absolute Gasteiger partial charge is 0.497 e. The number of halogens is 1. The molecule has 27 heavy (non-hydrogen) atoms. The third-order valence-electron chi connectivity index (χ3n) is 4.83. The minimum Gasteiger partial charge on any atom is -0.497 e. The first kappa shape index (κ1) is 19.7. The average molecular weight is 432 g/mol. The van der Waals surface area contributed by atoms with Crippen LogP contribution in [0.3, 0.4) is 0 Å². The molecule has 1 heterocycles. The number of hydrogen-bond acceptors (Lipinski definition) is 4. The highest BCUT2D eigenvalue weighted by Crippen LogP contribution is 2.20. The fourth-order valence-electron chi connectivity index (χ4n) is 3.26. The third-order valence-corrected chi connectivity index (χ3v) is 5.33. The zero-order chi connectivity index (χ0) is 19.1. The van der Waals surface area contributed by atoms with Gasteiger partial charge in [0.05, 0.1) is 7.11 Å². The van der Waals surface area contributed by atoms with Gasteiger partial charge in [0.25, 0.3) is 5.91 Å². The summed E-state index contributed by atoms with van der Waals surface area (Å²) in [4.78, 5) is 17.0. The smallest absolute Gasteiger partial charge is 0.251 e. The second kappa shape index (κ2) is 9.76. The molecular formula is C21H26BrN3O2. The van der Waals surface area contributed by atoms with Gasteiger partial charge in [0.15, 0.2) is 0 Å². The number of methoxy groups -OCH3 is 1. The Kier molecular flexibility index (Phi) is 7.12. The molecule has 0 atom stereocenters. The number of carbonyl (C=O) groups is 1. The van der Waals surface area contributed by atoms with E-state index in [9.17, 15) is 4.79 Å². The van der Waals surface area contributed by atoms with Gasteiger partial charge in [-0.2, -0.15) is 0 Å². The van der Waals surface area contributed by atoms with Crippen LogP contribution in [0.15, 0.2) is 53.0 Å². The van der Waals surface area contributed by atoms with E-state index in [1.165, 1.54) is 5.69 Å². The van der Waals surface area contributed by atoms with Gasteiger partial charge in [-0.15, -0.1) is 0 Å². The van der Waals surface area contributed by atoms with E-state index in [4.69, 9.17) is 4.74 Å². The molecule has 6 heteroatoms. The first-order valence-electron chi connectivity index (χ1n) is 9.31. The summed E-state index contributed by atoms with van der Waals surface area (Å²) < 4.78 is 6.14. The molecule has 144 valence electrons. The van der Waals surface area contributed by atoms with Gasteiger partial charge in [0, 0.05) is 48.4 Å². The van der Waals surface area contributed by atoms with Gasteiger partial charge in [0.1, 0.15) is 5.75 Å². The van der Waals surface area contributed by atoms with E-state index in [1.54, 1.807) is 7.11 Å². The van der Waals surface area contributed by atoms with Crippen LogP contribution in [-0.4, -0.2) is 57.2 Å². The van der Waals surface area contributed by atoms with Gasteiger partial charge in [0.2, 0.25) is 0 Å². The minimum absolute atomic E-state index is 0.0133. The fraction of sp³-hybridized carbons (Fsp3) is 0.381. The van der Waals surface area contributed by atoms with E-state index >= 15 is 0 Å². The molecule has 0 aromatic heterocycles. The van der Waals surface area contributed by atoms with Gasteiger partial charge in [-0.25, -0.2) is 0 Å². The first-order chi connectivity index (χ1) is 13.2. The molecule has 3 rings (SSSR count). The lowest BCUT2D eigenvalue weighted by atomic mass is 10.2. The van der Waals surface area contributed by atoms with E-state index in [0.29, 0.717) is 12.1 Å². The molecule has 0 radical (unpaired) electrons. The zero-order valence-electron chi connectivity index (χ0n) is 15.7. The van der Waals surface area contributed by atoms with Crippen LogP contribution in [-0.2, 0) is 0 Å². The number of hydrogen-bond donors (Lipinski definition) is 1. The molecule has 2 aromatic rings. The molecule has 1 fully saturated rings. The normalized spacial score (nSPS) is 14.8. The highest BCUT2D eigenvalue weighted by Gasteiger charge is 2.17. The number of amides is 1. The van der Waals surface area contributed by atoms with Crippen molar-refractivity contribution in [3.05, 3.63) is 58.6 Å². The Balaban J connectivity index is 1.35. The number of ether oxygens (including phenoxy) is 1. The fourth-order valence-corrected chi connectivity index (χ4v) is 3.66. The zero-order valence-corrected chi connectivity index (χ0v) is 17.2. The van der Waals surface area contributed by atoms with E-state index in [-0.39, 0.29) is 5.91 Å². The Morgan fingerprint density at radius 3 is 2.52 bits per heavy atom. The monoisotopic (exact) mass is 431 g/mol. The lowest BCUT2D eigenvalue weighted by Crippen LogP contribution is -2.47. The highest BCUT2D eigenvalue weighted by molar-refractivity contribution is 9.10. The van der Waals surface area contributed by atoms with Crippen LogP contribution in [0.25, 0.3) is 0 Å².